The van der Waals surface area contributed by atoms with E-state index in [0.29, 0.717) is 12.6 Å². The van der Waals surface area contributed by atoms with Crippen LogP contribution in [0.3, 0.4) is 0 Å². The molecular weight excluding hydrogens is 352 g/mol. The van der Waals surface area contributed by atoms with Gasteiger partial charge in [0.2, 0.25) is 0 Å². The van der Waals surface area contributed by atoms with Gasteiger partial charge in [0.15, 0.2) is 0 Å². The molecule has 0 amide bonds. The number of rotatable bonds is 7. The van der Waals surface area contributed by atoms with Crippen molar-refractivity contribution < 1.29 is 14.6 Å². The molecule has 0 fully saturated rings. The van der Waals surface area contributed by atoms with E-state index in [1.54, 1.807) is 6.92 Å². The van der Waals surface area contributed by atoms with Crippen LogP contribution in [0.1, 0.15) is 50.3 Å². The maximum absolute atomic E-state index is 11.0. The Labute approximate surface area is 164 Å². The largest absolute Gasteiger partial charge is 0.489 e. The highest BCUT2D eigenvalue weighted by molar-refractivity contribution is 5.79. The summed E-state index contributed by atoms with van der Waals surface area (Å²) in [7, 11) is 0. The number of carboxylic acids is 1. The Bertz CT molecular complexity index is 1020. The zero-order valence-electron chi connectivity index (χ0n) is 16.3. The number of carbonyl (C=O) groups is 1. The second kappa shape index (κ2) is 8.62. The number of fused-ring (bicyclic) bond motifs is 1. The summed E-state index contributed by atoms with van der Waals surface area (Å²) in [5.74, 6) is 5.33. The minimum Gasteiger partial charge on any atom is -0.489 e. The third-order valence-electron chi connectivity index (χ3n) is 4.53. The van der Waals surface area contributed by atoms with Gasteiger partial charge in [0.25, 0.3) is 0 Å². The zero-order valence-corrected chi connectivity index (χ0v) is 16.3. The fourth-order valence-electron chi connectivity index (χ4n) is 3.17. The predicted octanol–water partition coefficient (Wildman–Crippen LogP) is 4.78. The number of carboxylic acid groups (broad SMARTS) is 1. The van der Waals surface area contributed by atoms with E-state index in [-0.39, 0.29) is 12.3 Å². The first-order valence-corrected chi connectivity index (χ1v) is 9.31. The molecule has 2 aromatic carbocycles. The molecule has 0 aliphatic heterocycles. The van der Waals surface area contributed by atoms with Crippen molar-refractivity contribution in [3.8, 4) is 17.6 Å². The van der Waals surface area contributed by atoms with Crippen molar-refractivity contribution in [3.05, 3.63) is 59.8 Å². The van der Waals surface area contributed by atoms with E-state index in [1.807, 2.05) is 35.1 Å². The first-order chi connectivity index (χ1) is 13.5. The van der Waals surface area contributed by atoms with Crippen molar-refractivity contribution in [2.24, 2.45) is 0 Å². The highest BCUT2D eigenvalue weighted by atomic mass is 16.5. The van der Waals surface area contributed by atoms with Gasteiger partial charge in [-0.3, -0.25) is 9.48 Å². The van der Waals surface area contributed by atoms with Gasteiger partial charge in [-0.2, -0.15) is 5.10 Å². The van der Waals surface area contributed by atoms with Crippen LogP contribution in [0.4, 0.5) is 0 Å². The first kappa shape index (κ1) is 19.5. The molecule has 28 heavy (non-hydrogen) atoms. The molecule has 1 atom stereocenters. The number of hydrogen-bond acceptors (Lipinski definition) is 3. The monoisotopic (exact) mass is 376 g/mol. The average molecular weight is 376 g/mol. The molecule has 3 rings (SSSR count). The Morgan fingerprint density at radius 2 is 1.96 bits per heavy atom. The third-order valence-corrected chi connectivity index (χ3v) is 4.53. The van der Waals surface area contributed by atoms with Gasteiger partial charge in [0, 0.05) is 11.4 Å². The molecule has 0 aliphatic rings. The predicted molar refractivity (Wildman–Crippen MR) is 109 cm³/mol. The molecule has 1 aromatic heterocycles. The normalized spacial score (nSPS) is 11.9. The van der Waals surface area contributed by atoms with Crippen molar-refractivity contribution in [1.29, 1.82) is 0 Å². The summed E-state index contributed by atoms with van der Waals surface area (Å²) < 4.78 is 7.90. The van der Waals surface area contributed by atoms with E-state index in [1.165, 1.54) is 0 Å². The molecule has 0 saturated carbocycles. The summed E-state index contributed by atoms with van der Waals surface area (Å²) in [6.45, 7) is 6.39. The first-order valence-electron chi connectivity index (χ1n) is 9.31. The topological polar surface area (TPSA) is 64.3 Å². The van der Waals surface area contributed by atoms with Gasteiger partial charge in [-0.05, 0) is 56.2 Å². The molecule has 3 aromatic rings. The van der Waals surface area contributed by atoms with Crippen molar-refractivity contribution in [1.82, 2.24) is 9.78 Å². The van der Waals surface area contributed by atoms with Crippen LogP contribution in [0.15, 0.2) is 48.7 Å². The lowest BCUT2D eigenvalue weighted by Gasteiger charge is -2.11. The second-order valence-electron chi connectivity index (χ2n) is 6.98. The summed E-state index contributed by atoms with van der Waals surface area (Å²) in [6.07, 6.45) is 1.87. The maximum Gasteiger partial charge on any atom is 0.304 e. The van der Waals surface area contributed by atoms with Crippen LogP contribution in [0, 0.1) is 11.8 Å². The number of benzene rings is 2. The van der Waals surface area contributed by atoms with E-state index in [4.69, 9.17) is 9.84 Å². The highest BCUT2D eigenvalue weighted by Crippen LogP contribution is 2.24. The van der Waals surface area contributed by atoms with Crippen LogP contribution in [0.25, 0.3) is 10.9 Å². The summed E-state index contributed by atoms with van der Waals surface area (Å²) in [5, 5.41) is 14.6. The third kappa shape index (κ3) is 4.52. The van der Waals surface area contributed by atoms with Gasteiger partial charge < -0.3 is 9.84 Å². The van der Waals surface area contributed by atoms with Crippen LogP contribution in [0.5, 0.6) is 5.75 Å². The van der Waals surface area contributed by atoms with E-state index >= 15 is 0 Å². The van der Waals surface area contributed by atoms with E-state index in [9.17, 15) is 4.79 Å². The lowest BCUT2D eigenvalue weighted by atomic mass is 9.96. The molecule has 5 heteroatoms. The lowest BCUT2D eigenvalue weighted by Crippen LogP contribution is -2.04. The van der Waals surface area contributed by atoms with Crippen LogP contribution in [0.2, 0.25) is 0 Å². The van der Waals surface area contributed by atoms with E-state index < -0.39 is 5.97 Å². The molecule has 0 aliphatic carbocycles. The molecule has 0 saturated heterocycles. The number of aromatic nitrogens is 2. The minimum absolute atomic E-state index is 0.00881. The Morgan fingerprint density at radius 3 is 2.61 bits per heavy atom. The standard InChI is InChI=1S/C23H24N2O3/c1-4-5-19(13-23(26)27)18-7-9-21(10-8-18)28-15-17-6-11-22-20(12-17)14-24-25(22)16(2)3/h6-12,14,16,19H,13,15H2,1-3H3,(H,26,27)/t19-/m0/s1. The van der Waals surface area contributed by atoms with Gasteiger partial charge in [-0.15, -0.1) is 5.92 Å². The number of ether oxygens (including phenoxy) is 1. The quantitative estimate of drug-likeness (QED) is 0.603. The van der Waals surface area contributed by atoms with Gasteiger partial charge in [-0.1, -0.05) is 24.1 Å². The summed E-state index contributed by atoms with van der Waals surface area (Å²) >= 11 is 0. The summed E-state index contributed by atoms with van der Waals surface area (Å²) in [5.41, 5.74) is 3.07. The fraction of sp³-hybridized carbons (Fsp3) is 0.304. The fourth-order valence-corrected chi connectivity index (χ4v) is 3.17. The second-order valence-corrected chi connectivity index (χ2v) is 6.98. The molecule has 0 unspecified atom stereocenters. The van der Waals surface area contributed by atoms with Crippen LogP contribution >= 0.6 is 0 Å². The number of nitrogens with zero attached hydrogens (tertiary/aromatic N) is 2. The summed E-state index contributed by atoms with van der Waals surface area (Å²) in [6, 6.07) is 14.0. The zero-order chi connectivity index (χ0) is 20.1. The SMILES string of the molecule is CC#C[C@@H](CC(=O)O)c1ccc(OCc2ccc3c(cnn3C(C)C)c2)cc1. The Balaban J connectivity index is 1.68. The van der Waals surface area contributed by atoms with Gasteiger partial charge in [-0.25, -0.2) is 0 Å². The minimum atomic E-state index is -0.857. The maximum atomic E-state index is 11.0. The molecule has 5 nitrogen and oxygen atoms in total. The molecular formula is C23H24N2O3. The molecule has 1 heterocycles. The van der Waals surface area contributed by atoms with Crippen molar-refractivity contribution in [2.45, 2.75) is 45.8 Å². The summed E-state index contributed by atoms with van der Waals surface area (Å²) in [4.78, 5) is 11.0. The van der Waals surface area contributed by atoms with Gasteiger partial charge >= 0.3 is 5.97 Å². The van der Waals surface area contributed by atoms with E-state index in [2.05, 4.69) is 49.0 Å². The Morgan fingerprint density at radius 1 is 1.21 bits per heavy atom. The molecule has 144 valence electrons. The van der Waals surface area contributed by atoms with Crippen LogP contribution in [-0.4, -0.2) is 20.9 Å². The molecule has 0 radical (unpaired) electrons. The van der Waals surface area contributed by atoms with Crippen LogP contribution < -0.4 is 4.74 Å². The average Bonchev–Trinajstić information content (AvgIpc) is 3.09. The van der Waals surface area contributed by atoms with Crippen molar-refractivity contribution in [2.75, 3.05) is 0 Å². The Hall–Kier alpha value is -3.26. The number of aliphatic carboxylic acids is 1. The lowest BCUT2D eigenvalue weighted by molar-refractivity contribution is -0.137. The smallest absolute Gasteiger partial charge is 0.304 e. The molecule has 1 N–H and O–H groups in total. The van der Waals surface area contributed by atoms with Crippen LogP contribution in [-0.2, 0) is 11.4 Å². The van der Waals surface area contributed by atoms with E-state index in [0.717, 1.165) is 27.8 Å². The molecule has 0 bridgehead atoms. The highest BCUT2D eigenvalue weighted by Gasteiger charge is 2.13. The van der Waals surface area contributed by atoms with Gasteiger partial charge in [0.1, 0.15) is 12.4 Å². The van der Waals surface area contributed by atoms with Crippen molar-refractivity contribution in [3.63, 3.8) is 0 Å². The Kier molecular flexibility index (Phi) is 6.00. The van der Waals surface area contributed by atoms with Gasteiger partial charge in [0.05, 0.1) is 24.1 Å². The number of hydrogen-bond donors (Lipinski definition) is 1. The van der Waals surface area contributed by atoms with Crippen molar-refractivity contribution >= 4 is 16.9 Å². The molecule has 0 spiro atoms.